The van der Waals surface area contributed by atoms with Crippen LogP contribution in [-0.4, -0.2) is 17.0 Å². The zero-order valence-corrected chi connectivity index (χ0v) is 16.5. The number of nitrogens with one attached hydrogen (secondary N) is 1. The van der Waals surface area contributed by atoms with E-state index >= 15 is 0 Å². The van der Waals surface area contributed by atoms with Crippen LogP contribution < -0.4 is 14.8 Å². The molecule has 0 fully saturated rings. The second kappa shape index (κ2) is 8.42. The molecular weight excluding hydrogens is 411 g/mol. The summed E-state index contributed by atoms with van der Waals surface area (Å²) in [6.45, 7) is 1.57. The normalized spacial score (nSPS) is 11.8. The summed E-state index contributed by atoms with van der Waals surface area (Å²) < 4.78 is 30.4. The maximum absolute atomic E-state index is 13.7. The van der Waals surface area contributed by atoms with Crippen LogP contribution in [0.25, 0.3) is 11.1 Å². The van der Waals surface area contributed by atoms with E-state index in [1.807, 2.05) is 0 Å². The van der Waals surface area contributed by atoms with Gasteiger partial charge in [-0.3, -0.25) is 4.79 Å². The molecule has 30 heavy (non-hydrogen) atoms. The van der Waals surface area contributed by atoms with Crippen molar-refractivity contribution in [3.05, 3.63) is 77.6 Å². The highest BCUT2D eigenvalue weighted by atomic mass is 35.5. The van der Waals surface area contributed by atoms with Crippen molar-refractivity contribution >= 4 is 34.3 Å². The Balaban J connectivity index is 1.37. The van der Waals surface area contributed by atoms with Gasteiger partial charge in [0.25, 0.3) is 5.91 Å². The number of ether oxygens (including phenoxy) is 2. The van der Waals surface area contributed by atoms with Gasteiger partial charge in [0.2, 0.25) is 0 Å². The van der Waals surface area contributed by atoms with E-state index in [2.05, 4.69) is 10.3 Å². The molecule has 0 spiro atoms. The number of nitrogens with zero attached hydrogens (tertiary/aromatic N) is 1. The molecule has 0 aliphatic rings. The summed E-state index contributed by atoms with van der Waals surface area (Å²) in [5.41, 5.74) is 1.25. The maximum Gasteiger partial charge on any atom is 0.400 e. The van der Waals surface area contributed by atoms with Crippen LogP contribution in [-0.2, 0) is 4.79 Å². The number of benzene rings is 3. The fourth-order valence-electron chi connectivity index (χ4n) is 2.66. The standard InChI is InChI=1S/C22H16ClFN2O4/c1-13(21(27)25-18-5-3-2-4-17(18)24)28-15-7-9-16(10-8-15)29-22-26-19-11-6-14(23)12-20(19)30-22/h2-13H,1H3,(H,25,27). The lowest BCUT2D eigenvalue weighted by atomic mass is 10.2. The molecule has 4 aromatic rings. The minimum Gasteiger partial charge on any atom is -0.481 e. The SMILES string of the molecule is CC(Oc1ccc(Oc2nc3ccc(Cl)cc3o2)cc1)C(=O)Nc1ccccc1F. The number of oxazole rings is 1. The molecule has 1 amide bonds. The van der Waals surface area contributed by atoms with Crippen LogP contribution in [0.15, 0.2) is 71.1 Å². The highest BCUT2D eigenvalue weighted by Gasteiger charge is 2.16. The lowest BCUT2D eigenvalue weighted by molar-refractivity contribution is -0.122. The number of hydrogen-bond donors (Lipinski definition) is 1. The van der Waals surface area contributed by atoms with E-state index < -0.39 is 17.8 Å². The van der Waals surface area contributed by atoms with E-state index in [9.17, 15) is 9.18 Å². The number of amides is 1. The van der Waals surface area contributed by atoms with Crippen molar-refractivity contribution in [2.75, 3.05) is 5.32 Å². The molecule has 3 aromatic carbocycles. The molecule has 0 bridgehead atoms. The summed E-state index contributed by atoms with van der Waals surface area (Å²) >= 11 is 5.93. The van der Waals surface area contributed by atoms with E-state index in [0.29, 0.717) is 27.6 Å². The van der Waals surface area contributed by atoms with Crippen molar-refractivity contribution in [1.82, 2.24) is 4.98 Å². The van der Waals surface area contributed by atoms with Gasteiger partial charge in [0.1, 0.15) is 22.8 Å². The Morgan fingerprint density at radius 2 is 1.83 bits per heavy atom. The molecule has 1 N–H and O–H groups in total. The first kappa shape index (κ1) is 19.7. The molecule has 1 unspecified atom stereocenters. The number of rotatable bonds is 6. The van der Waals surface area contributed by atoms with Gasteiger partial charge in [-0.1, -0.05) is 23.7 Å². The Labute approximate surface area is 176 Å². The van der Waals surface area contributed by atoms with Gasteiger partial charge >= 0.3 is 6.08 Å². The summed E-state index contributed by atoms with van der Waals surface area (Å²) in [5.74, 6) is -0.0575. The average molecular weight is 427 g/mol. The number of halogens is 2. The third-order valence-electron chi connectivity index (χ3n) is 4.17. The summed E-state index contributed by atoms with van der Waals surface area (Å²) in [5, 5.41) is 3.04. The minimum absolute atomic E-state index is 0.0820. The van der Waals surface area contributed by atoms with Crippen LogP contribution in [0.4, 0.5) is 10.1 Å². The third kappa shape index (κ3) is 4.52. The van der Waals surface area contributed by atoms with Gasteiger partial charge in [-0.15, -0.1) is 0 Å². The van der Waals surface area contributed by atoms with E-state index in [4.69, 9.17) is 25.5 Å². The summed E-state index contributed by atoms with van der Waals surface area (Å²) in [6.07, 6.45) is -0.753. The second-order valence-corrected chi connectivity index (χ2v) is 6.83. The highest BCUT2D eigenvalue weighted by Crippen LogP contribution is 2.28. The molecule has 4 rings (SSSR count). The maximum atomic E-state index is 13.7. The lowest BCUT2D eigenvalue weighted by Gasteiger charge is -2.15. The van der Waals surface area contributed by atoms with E-state index in [-0.39, 0.29) is 11.8 Å². The molecule has 1 atom stereocenters. The Kier molecular flexibility index (Phi) is 5.54. The zero-order chi connectivity index (χ0) is 21.1. The van der Waals surface area contributed by atoms with Gasteiger partial charge in [0, 0.05) is 11.1 Å². The molecule has 0 saturated carbocycles. The van der Waals surface area contributed by atoms with Gasteiger partial charge < -0.3 is 19.2 Å². The highest BCUT2D eigenvalue weighted by molar-refractivity contribution is 6.31. The molecular formula is C22H16ClFN2O4. The quantitative estimate of drug-likeness (QED) is 0.420. The molecule has 0 saturated heterocycles. The Hall–Kier alpha value is -3.58. The van der Waals surface area contributed by atoms with E-state index in [1.165, 1.54) is 12.1 Å². The smallest absolute Gasteiger partial charge is 0.400 e. The molecule has 0 aliphatic heterocycles. The van der Waals surface area contributed by atoms with Crippen molar-refractivity contribution in [3.8, 4) is 17.6 Å². The average Bonchev–Trinajstić information content (AvgIpc) is 3.12. The van der Waals surface area contributed by atoms with Gasteiger partial charge in [0.15, 0.2) is 11.7 Å². The van der Waals surface area contributed by atoms with Crippen LogP contribution >= 0.6 is 11.6 Å². The molecule has 0 aliphatic carbocycles. The van der Waals surface area contributed by atoms with Crippen molar-refractivity contribution in [3.63, 3.8) is 0 Å². The van der Waals surface area contributed by atoms with Crippen LogP contribution in [0.2, 0.25) is 5.02 Å². The van der Waals surface area contributed by atoms with Crippen molar-refractivity contribution in [2.24, 2.45) is 0 Å². The topological polar surface area (TPSA) is 73.6 Å². The minimum atomic E-state index is -0.835. The number of aromatic nitrogens is 1. The number of hydrogen-bond acceptors (Lipinski definition) is 5. The van der Waals surface area contributed by atoms with Gasteiger partial charge in [0.05, 0.1) is 5.69 Å². The Morgan fingerprint density at radius 3 is 2.60 bits per heavy atom. The molecule has 8 heteroatoms. The third-order valence-corrected chi connectivity index (χ3v) is 4.41. The van der Waals surface area contributed by atoms with Crippen molar-refractivity contribution in [2.45, 2.75) is 13.0 Å². The fraction of sp³-hybridized carbons (Fsp3) is 0.0909. The number of carbonyl (C=O) groups is 1. The summed E-state index contributed by atoms with van der Waals surface area (Å²) in [7, 11) is 0. The molecule has 6 nitrogen and oxygen atoms in total. The summed E-state index contributed by atoms with van der Waals surface area (Å²) in [6, 6.07) is 17.6. The van der Waals surface area contributed by atoms with E-state index in [1.54, 1.807) is 61.5 Å². The summed E-state index contributed by atoms with van der Waals surface area (Å²) in [4.78, 5) is 16.5. The predicted molar refractivity (Wildman–Crippen MR) is 111 cm³/mol. The molecule has 1 aromatic heterocycles. The Morgan fingerprint density at radius 1 is 1.10 bits per heavy atom. The molecule has 152 valence electrons. The fourth-order valence-corrected chi connectivity index (χ4v) is 2.82. The number of anilines is 1. The van der Waals surface area contributed by atoms with Crippen LogP contribution in [0.1, 0.15) is 6.92 Å². The van der Waals surface area contributed by atoms with Crippen molar-refractivity contribution in [1.29, 1.82) is 0 Å². The van der Waals surface area contributed by atoms with Gasteiger partial charge in [-0.05, 0) is 55.5 Å². The lowest BCUT2D eigenvalue weighted by Crippen LogP contribution is -2.30. The van der Waals surface area contributed by atoms with Gasteiger partial charge in [-0.25, -0.2) is 4.39 Å². The first-order valence-electron chi connectivity index (χ1n) is 9.04. The molecule has 0 radical (unpaired) electrons. The van der Waals surface area contributed by atoms with Crippen LogP contribution in [0, 0.1) is 5.82 Å². The second-order valence-electron chi connectivity index (χ2n) is 6.39. The first-order valence-corrected chi connectivity index (χ1v) is 9.42. The molecule has 1 heterocycles. The van der Waals surface area contributed by atoms with E-state index in [0.717, 1.165) is 0 Å². The monoisotopic (exact) mass is 426 g/mol. The number of para-hydroxylation sites is 1. The first-order chi connectivity index (χ1) is 14.5. The zero-order valence-electron chi connectivity index (χ0n) is 15.8. The van der Waals surface area contributed by atoms with Crippen molar-refractivity contribution < 1.29 is 23.1 Å². The number of fused-ring (bicyclic) bond motifs is 1. The van der Waals surface area contributed by atoms with Gasteiger partial charge in [-0.2, -0.15) is 4.98 Å². The van der Waals surface area contributed by atoms with Crippen LogP contribution in [0.3, 0.4) is 0 Å². The predicted octanol–water partition coefficient (Wildman–Crippen LogP) is 5.82. The largest absolute Gasteiger partial charge is 0.481 e. The van der Waals surface area contributed by atoms with Crippen LogP contribution in [0.5, 0.6) is 17.6 Å². The Bertz CT molecular complexity index is 1190. The number of carbonyl (C=O) groups excluding carboxylic acids is 1.